The summed E-state index contributed by atoms with van der Waals surface area (Å²) in [6.45, 7) is 0.0310. The van der Waals surface area contributed by atoms with E-state index >= 15 is 0 Å². The lowest BCUT2D eigenvalue weighted by Crippen LogP contribution is -2.58. The normalized spacial score (nSPS) is 19.9. The van der Waals surface area contributed by atoms with E-state index in [0.29, 0.717) is 19.6 Å². The molecule has 15 nitrogen and oxygen atoms in total. The summed E-state index contributed by atoms with van der Waals surface area (Å²) < 4.78 is 33.9. The van der Waals surface area contributed by atoms with Crippen molar-refractivity contribution >= 4 is 23.9 Å². The number of aliphatic hydroxyl groups excluding tert-OH is 1. The first-order chi connectivity index (χ1) is 23.2. The van der Waals surface area contributed by atoms with Gasteiger partial charge in [-0.25, -0.2) is 0 Å². The van der Waals surface area contributed by atoms with Gasteiger partial charge in [0.1, 0.15) is 31.0 Å². The lowest BCUT2D eigenvalue weighted by Gasteiger charge is -2.42. The summed E-state index contributed by atoms with van der Waals surface area (Å²) in [6.07, 6.45) is 1.28. The quantitative estimate of drug-likeness (QED) is 0.0487. The second-order valence-corrected chi connectivity index (χ2v) is 11.4. The maximum atomic E-state index is 11.9. The number of benzene rings is 1. The van der Waals surface area contributed by atoms with Gasteiger partial charge in [-0.1, -0.05) is 62.4 Å². The van der Waals surface area contributed by atoms with Gasteiger partial charge in [0, 0.05) is 6.42 Å². The first-order valence-corrected chi connectivity index (χ1v) is 16.5. The number of carboxylic acids is 3. The molecular formula is C33H51NO14. The number of hydrogen-bond donors (Lipinski definition) is 5. The fourth-order valence-corrected chi connectivity index (χ4v) is 4.94. The van der Waals surface area contributed by atoms with Crippen molar-refractivity contribution in [2.45, 2.75) is 108 Å². The van der Waals surface area contributed by atoms with E-state index in [1.807, 2.05) is 30.3 Å². The predicted octanol–water partition coefficient (Wildman–Crippen LogP) is 2.71. The molecule has 1 fully saturated rings. The summed E-state index contributed by atoms with van der Waals surface area (Å²) in [5.74, 6) is -3.43. The van der Waals surface area contributed by atoms with Crippen LogP contribution in [0.2, 0.25) is 0 Å². The van der Waals surface area contributed by atoms with Crippen LogP contribution in [0.3, 0.4) is 0 Å². The highest BCUT2D eigenvalue weighted by molar-refractivity contribution is 5.69. The molecule has 1 unspecified atom stereocenters. The van der Waals surface area contributed by atoms with E-state index in [-0.39, 0.29) is 58.3 Å². The van der Waals surface area contributed by atoms with Gasteiger partial charge in [-0.3, -0.25) is 24.5 Å². The second-order valence-electron chi connectivity index (χ2n) is 11.4. The molecule has 5 N–H and O–H groups in total. The fourth-order valence-electron chi connectivity index (χ4n) is 4.94. The molecule has 1 saturated heterocycles. The van der Waals surface area contributed by atoms with E-state index < -0.39 is 48.7 Å². The SMILES string of the molecule is O=C(O)CCO[C@H]1[C@H](OCCC(=O)O)[C@@H](COC(O)NCCCCCCCCCC(=O)OCc2ccccc2)OC[C@@H]1OCCC(=O)O. The van der Waals surface area contributed by atoms with Crippen LogP contribution < -0.4 is 5.32 Å². The molecule has 0 saturated carbocycles. The van der Waals surface area contributed by atoms with E-state index in [2.05, 4.69) is 5.32 Å². The third-order valence-electron chi connectivity index (χ3n) is 7.47. The van der Waals surface area contributed by atoms with Crippen molar-refractivity contribution in [3.63, 3.8) is 0 Å². The summed E-state index contributed by atoms with van der Waals surface area (Å²) in [6, 6.07) is 9.58. The number of aliphatic hydroxyl groups is 1. The average Bonchev–Trinajstić information content (AvgIpc) is 3.05. The van der Waals surface area contributed by atoms with Crippen molar-refractivity contribution in [2.24, 2.45) is 0 Å². The van der Waals surface area contributed by atoms with Crippen molar-refractivity contribution in [3.8, 4) is 0 Å². The summed E-state index contributed by atoms with van der Waals surface area (Å²) in [5.41, 5.74) is 0.970. The van der Waals surface area contributed by atoms with Crippen LogP contribution in [0.5, 0.6) is 0 Å². The van der Waals surface area contributed by atoms with Crippen molar-refractivity contribution in [1.29, 1.82) is 0 Å². The third kappa shape index (κ3) is 19.0. The van der Waals surface area contributed by atoms with Gasteiger partial charge in [-0.2, -0.15) is 0 Å². The highest BCUT2D eigenvalue weighted by Crippen LogP contribution is 2.25. The molecule has 0 aliphatic carbocycles. The van der Waals surface area contributed by atoms with Gasteiger partial charge in [0.05, 0.1) is 52.3 Å². The minimum absolute atomic E-state index is 0.0496. The number of unbranched alkanes of at least 4 members (excludes halogenated alkanes) is 6. The van der Waals surface area contributed by atoms with Crippen LogP contribution in [0.1, 0.15) is 76.2 Å². The lowest BCUT2D eigenvalue weighted by molar-refractivity contribution is -0.250. The molecule has 0 amide bonds. The number of carboxylic acid groups (broad SMARTS) is 3. The first-order valence-electron chi connectivity index (χ1n) is 16.5. The molecule has 0 bridgehead atoms. The van der Waals surface area contributed by atoms with Crippen LogP contribution >= 0.6 is 0 Å². The molecule has 272 valence electrons. The summed E-state index contributed by atoms with van der Waals surface area (Å²) in [5, 5.41) is 40.2. The number of ether oxygens (including phenoxy) is 6. The Morgan fingerprint density at radius 3 is 1.94 bits per heavy atom. The van der Waals surface area contributed by atoms with E-state index in [4.69, 9.17) is 43.7 Å². The van der Waals surface area contributed by atoms with Crippen LogP contribution in [-0.4, -0.2) is 115 Å². The molecule has 1 aliphatic rings. The van der Waals surface area contributed by atoms with Gasteiger partial charge in [0.15, 0.2) is 0 Å². The number of hydrogen-bond acceptors (Lipinski definition) is 12. The molecule has 15 heteroatoms. The lowest BCUT2D eigenvalue weighted by atomic mass is 9.99. The maximum absolute atomic E-state index is 11.9. The standard InChI is InChI=1S/C33H51NO14/c35-27(36)14-18-43-25-22-46-26(32(45-20-16-29(39)40)31(25)44-19-15-28(37)38)23-48-33(42)34-17-10-5-3-1-2-4-9-13-30(41)47-21-24-11-7-6-8-12-24/h6-8,11-12,25-26,31-34,42H,1-5,9-10,13-23H2,(H,35,36)(H,37,38)(H,39,40)/t25-,26+,31+,32+,33?/m0/s1. The van der Waals surface area contributed by atoms with Gasteiger partial charge in [0.25, 0.3) is 0 Å². The maximum Gasteiger partial charge on any atom is 0.306 e. The van der Waals surface area contributed by atoms with Crippen LogP contribution in [0.4, 0.5) is 0 Å². The molecular weight excluding hydrogens is 634 g/mol. The Morgan fingerprint density at radius 2 is 1.31 bits per heavy atom. The number of nitrogens with one attached hydrogen (secondary N) is 1. The molecule has 48 heavy (non-hydrogen) atoms. The molecule has 1 aliphatic heterocycles. The van der Waals surface area contributed by atoms with E-state index in [0.717, 1.165) is 50.5 Å². The predicted molar refractivity (Wildman–Crippen MR) is 169 cm³/mol. The Balaban J connectivity index is 1.67. The smallest absolute Gasteiger partial charge is 0.306 e. The average molecular weight is 686 g/mol. The molecule has 1 aromatic carbocycles. The zero-order chi connectivity index (χ0) is 35.0. The largest absolute Gasteiger partial charge is 0.481 e. The van der Waals surface area contributed by atoms with Crippen LogP contribution in [0.25, 0.3) is 0 Å². The molecule has 2 rings (SSSR count). The molecule has 0 spiro atoms. The van der Waals surface area contributed by atoms with Crippen LogP contribution in [-0.2, 0) is 54.2 Å². The Morgan fingerprint density at radius 1 is 0.750 bits per heavy atom. The van der Waals surface area contributed by atoms with Gasteiger partial charge < -0.3 is 48.8 Å². The first kappa shape index (κ1) is 41.0. The topological polar surface area (TPSA) is 217 Å². The van der Waals surface area contributed by atoms with Gasteiger partial charge in [-0.05, 0) is 24.9 Å². The summed E-state index contributed by atoms with van der Waals surface area (Å²) in [7, 11) is 0. The zero-order valence-corrected chi connectivity index (χ0v) is 27.4. The Bertz CT molecular complexity index is 1060. The van der Waals surface area contributed by atoms with Gasteiger partial charge >= 0.3 is 23.9 Å². The molecule has 0 radical (unpaired) electrons. The van der Waals surface area contributed by atoms with Gasteiger partial charge in [-0.15, -0.1) is 0 Å². The minimum Gasteiger partial charge on any atom is -0.481 e. The second kappa shape index (κ2) is 24.9. The van der Waals surface area contributed by atoms with E-state index in [1.165, 1.54) is 0 Å². The Kier molecular flexibility index (Phi) is 21.3. The van der Waals surface area contributed by atoms with Crippen LogP contribution in [0.15, 0.2) is 30.3 Å². The summed E-state index contributed by atoms with van der Waals surface area (Å²) >= 11 is 0. The van der Waals surface area contributed by atoms with Crippen molar-refractivity contribution in [2.75, 3.05) is 39.6 Å². The van der Waals surface area contributed by atoms with Crippen LogP contribution in [0, 0.1) is 0 Å². The third-order valence-corrected chi connectivity index (χ3v) is 7.47. The Hall–Kier alpha value is -3.18. The number of carbonyl (C=O) groups excluding carboxylic acids is 1. The van der Waals surface area contributed by atoms with Crippen molar-refractivity contribution in [3.05, 3.63) is 35.9 Å². The van der Waals surface area contributed by atoms with Gasteiger partial charge in [0.2, 0.25) is 6.41 Å². The monoisotopic (exact) mass is 685 g/mol. The Labute approximate surface area is 280 Å². The highest BCUT2D eigenvalue weighted by atomic mass is 16.6. The molecule has 1 aromatic rings. The molecule has 1 heterocycles. The number of carbonyl (C=O) groups is 4. The number of aliphatic carboxylic acids is 3. The number of rotatable bonds is 28. The van der Waals surface area contributed by atoms with Crippen molar-refractivity contribution < 1.29 is 68.0 Å². The van der Waals surface area contributed by atoms with Crippen molar-refractivity contribution in [1.82, 2.24) is 5.32 Å². The number of esters is 1. The minimum atomic E-state index is -1.31. The zero-order valence-electron chi connectivity index (χ0n) is 27.4. The van der Waals surface area contributed by atoms with E-state index in [9.17, 15) is 24.3 Å². The fraction of sp³-hybridized carbons (Fsp3) is 0.697. The highest BCUT2D eigenvalue weighted by Gasteiger charge is 2.43. The molecule has 0 aromatic heterocycles. The van der Waals surface area contributed by atoms with E-state index in [1.54, 1.807) is 0 Å². The molecule has 5 atom stereocenters. The summed E-state index contributed by atoms with van der Waals surface area (Å²) in [4.78, 5) is 45.0.